The van der Waals surface area contributed by atoms with Gasteiger partial charge in [-0.15, -0.1) is 0 Å². The molecule has 1 atom stereocenters. The van der Waals surface area contributed by atoms with Crippen LogP contribution in [0.5, 0.6) is 0 Å². The number of hydrogen-bond acceptors (Lipinski definition) is 3. The van der Waals surface area contributed by atoms with Crippen molar-refractivity contribution in [2.75, 3.05) is 31.1 Å². The first-order valence-corrected chi connectivity index (χ1v) is 7.57. The molecule has 2 aliphatic rings. The molecule has 3 heteroatoms. The zero-order valence-corrected chi connectivity index (χ0v) is 12.0. The zero-order valence-electron chi connectivity index (χ0n) is 12.0. The number of nitrogens with zero attached hydrogens (tertiary/aromatic N) is 2. The van der Waals surface area contributed by atoms with Crippen molar-refractivity contribution in [3.8, 4) is 0 Å². The number of anilines is 1. The van der Waals surface area contributed by atoms with Crippen molar-refractivity contribution in [2.24, 2.45) is 5.41 Å². The van der Waals surface area contributed by atoms with Gasteiger partial charge in [0.2, 0.25) is 0 Å². The summed E-state index contributed by atoms with van der Waals surface area (Å²) in [7, 11) is 0. The van der Waals surface area contributed by atoms with E-state index in [2.05, 4.69) is 46.4 Å². The van der Waals surface area contributed by atoms with E-state index in [1.165, 1.54) is 48.1 Å². The second-order valence-corrected chi connectivity index (χ2v) is 6.46. The van der Waals surface area contributed by atoms with Gasteiger partial charge in [-0.3, -0.25) is 0 Å². The molecule has 0 radical (unpaired) electrons. The molecular weight excluding hydrogens is 246 g/mol. The van der Waals surface area contributed by atoms with Gasteiger partial charge in [0, 0.05) is 36.6 Å². The first-order chi connectivity index (χ1) is 9.76. The molecule has 0 aliphatic carbocycles. The first-order valence-electron chi connectivity index (χ1n) is 7.57. The standard InChI is InChI=1S/C17H21N3/c1-13-2-3-15-14(10-13)4-7-19-16(15)20-9-6-17(12-20)5-8-18-11-17/h2-4,7,10,18H,5-6,8-9,11-12H2,1H3. The van der Waals surface area contributed by atoms with Gasteiger partial charge in [-0.05, 0) is 37.8 Å². The molecule has 0 amide bonds. The topological polar surface area (TPSA) is 28.2 Å². The van der Waals surface area contributed by atoms with E-state index in [1.54, 1.807) is 0 Å². The lowest BCUT2D eigenvalue weighted by molar-refractivity contribution is 0.369. The molecule has 0 bridgehead atoms. The van der Waals surface area contributed by atoms with Gasteiger partial charge < -0.3 is 10.2 Å². The summed E-state index contributed by atoms with van der Waals surface area (Å²) in [6.07, 6.45) is 4.56. The van der Waals surface area contributed by atoms with Gasteiger partial charge in [0.15, 0.2) is 0 Å². The Morgan fingerprint density at radius 3 is 3.05 bits per heavy atom. The fourth-order valence-corrected chi connectivity index (χ4v) is 3.79. The molecule has 20 heavy (non-hydrogen) atoms. The molecule has 1 spiro atoms. The molecule has 2 saturated heterocycles. The van der Waals surface area contributed by atoms with Crippen LogP contribution in [0.4, 0.5) is 5.82 Å². The number of nitrogens with one attached hydrogen (secondary N) is 1. The number of fused-ring (bicyclic) bond motifs is 1. The maximum absolute atomic E-state index is 4.68. The van der Waals surface area contributed by atoms with E-state index < -0.39 is 0 Å². The molecule has 2 aromatic rings. The maximum Gasteiger partial charge on any atom is 0.136 e. The van der Waals surface area contributed by atoms with Crippen molar-refractivity contribution in [1.29, 1.82) is 0 Å². The molecule has 1 aromatic carbocycles. The summed E-state index contributed by atoms with van der Waals surface area (Å²) in [5.74, 6) is 1.17. The SMILES string of the molecule is Cc1ccc2c(N3CCC4(CCNC4)C3)nccc2c1. The van der Waals surface area contributed by atoms with Crippen molar-refractivity contribution in [3.05, 3.63) is 36.0 Å². The van der Waals surface area contributed by atoms with Gasteiger partial charge in [-0.2, -0.15) is 0 Å². The number of aryl methyl sites for hydroxylation is 1. The lowest BCUT2D eigenvalue weighted by Crippen LogP contribution is -2.29. The van der Waals surface area contributed by atoms with Crippen molar-refractivity contribution in [3.63, 3.8) is 0 Å². The Labute approximate surface area is 120 Å². The first kappa shape index (κ1) is 12.2. The second-order valence-electron chi connectivity index (χ2n) is 6.46. The number of aromatic nitrogens is 1. The summed E-state index contributed by atoms with van der Waals surface area (Å²) in [5, 5.41) is 6.12. The van der Waals surface area contributed by atoms with Gasteiger partial charge in [0.25, 0.3) is 0 Å². The fraction of sp³-hybridized carbons (Fsp3) is 0.471. The van der Waals surface area contributed by atoms with Gasteiger partial charge >= 0.3 is 0 Å². The highest BCUT2D eigenvalue weighted by Crippen LogP contribution is 2.39. The highest BCUT2D eigenvalue weighted by atomic mass is 15.2. The van der Waals surface area contributed by atoms with E-state index >= 15 is 0 Å². The van der Waals surface area contributed by atoms with Crippen LogP contribution >= 0.6 is 0 Å². The number of pyridine rings is 1. The minimum Gasteiger partial charge on any atom is -0.355 e. The van der Waals surface area contributed by atoms with Crippen molar-refractivity contribution < 1.29 is 0 Å². The average Bonchev–Trinajstić information content (AvgIpc) is 3.09. The predicted octanol–water partition coefficient (Wildman–Crippen LogP) is 2.73. The Bertz CT molecular complexity index is 644. The molecule has 2 aliphatic heterocycles. The Balaban J connectivity index is 1.72. The van der Waals surface area contributed by atoms with Crippen LogP contribution in [0.2, 0.25) is 0 Å². The number of hydrogen-bond donors (Lipinski definition) is 1. The summed E-state index contributed by atoms with van der Waals surface area (Å²) < 4.78 is 0. The highest BCUT2D eigenvalue weighted by Gasteiger charge is 2.40. The van der Waals surface area contributed by atoms with Crippen LogP contribution in [-0.4, -0.2) is 31.2 Å². The molecule has 3 heterocycles. The van der Waals surface area contributed by atoms with Crippen LogP contribution in [0.3, 0.4) is 0 Å². The molecule has 4 rings (SSSR count). The van der Waals surface area contributed by atoms with Gasteiger partial charge in [0.1, 0.15) is 5.82 Å². The quantitative estimate of drug-likeness (QED) is 0.861. The summed E-state index contributed by atoms with van der Waals surface area (Å²) in [6, 6.07) is 8.79. The van der Waals surface area contributed by atoms with Crippen LogP contribution < -0.4 is 10.2 Å². The third-order valence-corrected chi connectivity index (χ3v) is 4.97. The maximum atomic E-state index is 4.68. The minimum absolute atomic E-state index is 0.495. The van der Waals surface area contributed by atoms with E-state index in [1.807, 2.05) is 6.20 Å². The molecule has 3 nitrogen and oxygen atoms in total. The van der Waals surface area contributed by atoms with Crippen molar-refractivity contribution in [1.82, 2.24) is 10.3 Å². The van der Waals surface area contributed by atoms with Gasteiger partial charge in [-0.1, -0.05) is 23.8 Å². The van der Waals surface area contributed by atoms with E-state index in [0.717, 1.165) is 13.1 Å². The lowest BCUT2D eigenvalue weighted by atomic mass is 9.86. The molecular formula is C17H21N3. The summed E-state index contributed by atoms with van der Waals surface area (Å²) in [6.45, 7) is 6.79. The molecule has 1 aromatic heterocycles. The minimum atomic E-state index is 0.495. The van der Waals surface area contributed by atoms with Crippen LogP contribution in [0, 0.1) is 12.3 Å². The van der Waals surface area contributed by atoms with E-state index in [4.69, 9.17) is 0 Å². The second kappa shape index (κ2) is 4.45. The molecule has 1 N–H and O–H groups in total. The van der Waals surface area contributed by atoms with E-state index in [9.17, 15) is 0 Å². The fourth-order valence-electron chi connectivity index (χ4n) is 3.79. The molecule has 2 fully saturated rings. The van der Waals surface area contributed by atoms with Crippen molar-refractivity contribution >= 4 is 16.6 Å². The Morgan fingerprint density at radius 2 is 2.20 bits per heavy atom. The lowest BCUT2D eigenvalue weighted by Gasteiger charge is -2.24. The largest absolute Gasteiger partial charge is 0.355 e. The normalized spacial score (nSPS) is 25.9. The molecule has 1 unspecified atom stereocenters. The van der Waals surface area contributed by atoms with E-state index in [-0.39, 0.29) is 0 Å². The smallest absolute Gasteiger partial charge is 0.136 e. The highest BCUT2D eigenvalue weighted by molar-refractivity contribution is 5.92. The average molecular weight is 267 g/mol. The zero-order chi connectivity index (χ0) is 13.6. The van der Waals surface area contributed by atoms with Crippen LogP contribution in [-0.2, 0) is 0 Å². The number of rotatable bonds is 1. The summed E-state index contributed by atoms with van der Waals surface area (Å²) in [5.41, 5.74) is 1.81. The van der Waals surface area contributed by atoms with Crippen LogP contribution in [0.15, 0.2) is 30.5 Å². The predicted molar refractivity (Wildman–Crippen MR) is 83.2 cm³/mol. The molecule has 0 saturated carbocycles. The third-order valence-electron chi connectivity index (χ3n) is 4.97. The number of benzene rings is 1. The molecule has 104 valence electrons. The Hall–Kier alpha value is -1.61. The van der Waals surface area contributed by atoms with Gasteiger partial charge in [0.05, 0.1) is 0 Å². The van der Waals surface area contributed by atoms with Crippen LogP contribution in [0.1, 0.15) is 18.4 Å². The third kappa shape index (κ3) is 1.88. The monoisotopic (exact) mass is 267 g/mol. The van der Waals surface area contributed by atoms with Gasteiger partial charge in [-0.25, -0.2) is 4.98 Å². The summed E-state index contributed by atoms with van der Waals surface area (Å²) >= 11 is 0. The Kier molecular flexibility index (Phi) is 2.71. The van der Waals surface area contributed by atoms with E-state index in [0.29, 0.717) is 5.41 Å². The Morgan fingerprint density at radius 1 is 1.25 bits per heavy atom. The van der Waals surface area contributed by atoms with Crippen LogP contribution in [0.25, 0.3) is 10.8 Å². The van der Waals surface area contributed by atoms with Crippen molar-refractivity contribution in [2.45, 2.75) is 19.8 Å². The summed E-state index contributed by atoms with van der Waals surface area (Å²) in [4.78, 5) is 7.17.